The summed E-state index contributed by atoms with van der Waals surface area (Å²) in [6.45, 7) is 3.17. The normalized spacial score (nSPS) is 12.1. The second kappa shape index (κ2) is 6.91. The molecule has 0 N–H and O–H groups in total. The Morgan fingerprint density at radius 2 is 2.10 bits per heavy atom. The Hall–Kier alpha value is -2.32. The van der Waals surface area contributed by atoms with Gasteiger partial charge in [0.25, 0.3) is 0 Å². The van der Waals surface area contributed by atoms with Crippen LogP contribution in [-0.2, 0) is 6.54 Å². The van der Waals surface area contributed by atoms with Gasteiger partial charge in [0.2, 0.25) is 5.89 Å². The van der Waals surface area contributed by atoms with Crippen LogP contribution in [0.3, 0.4) is 0 Å². The monoisotopic (exact) mass is 285 g/mol. The minimum Gasteiger partial charge on any atom is -0.497 e. The molecule has 0 aliphatic carbocycles. The Balaban J connectivity index is 2.02. The third kappa shape index (κ3) is 4.07. The van der Waals surface area contributed by atoms with E-state index in [2.05, 4.69) is 11.1 Å². The largest absolute Gasteiger partial charge is 0.497 e. The molecular weight excluding hydrogens is 266 g/mol. The number of hydrogen-bond acceptors (Lipinski definition) is 5. The van der Waals surface area contributed by atoms with Gasteiger partial charge in [0.15, 0.2) is 5.76 Å². The van der Waals surface area contributed by atoms with Gasteiger partial charge in [-0.3, -0.25) is 4.90 Å². The van der Waals surface area contributed by atoms with Gasteiger partial charge < -0.3 is 9.15 Å². The van der Waals surface area contributed by atoms with Crippen molar-refractivity contribution in [2.24, 2.45) is 5.92 Å². The van der Waals surface area contributed by atoms with Crippen LogP contribution in [0, 0.1) is 17.2 Å². The highest BCUT2D eigenvalue weighted by atomic mass is 16.5. The summed E-state index contributed by atoms with van der Waals surface area (Å²) in [5.74, 6) is 2.18. The van der Waals surface area contributed by atoms with Crippen LogP contribution in [0.15, 0.2) is 34.9 Å². The van der Waals surface area contributed by atoms with Crippen LogP contribution in [-0.4, -0.2) is 30.6 Å². The summed E-state index contributed by atoms with van der Waals surface area (Å²) >= 11 is 0. The molecule has 0 amide bonds. The van der Waals surface area contributed by atoms with Crippen LogP contribution in [0.5, 0.6) is 5.75 Å². The SMILES string of the molecule is COc1ccc(-c2cnc(CN(C)CC(C)C#N)o2)cc1. The van der Waals surface area contributed by atoms with Gasteiger partial charge in [0.05, 0.1) is 31.8 Å². The third-order valence-electron chi connectivity index (χ3n) is 3.14. The van der Waals surface area contributed by atoms with Crippen molar-refractivity contribution in [3.63, 3.8) is 0 Å². The van der Waals surface area contributed by atoms with E-state index in [0.717, 1.165) is 17.1 Å². The standard InChI is InChI=1S/C16H19N3O2/c1-12(8-17)10-19(2)11-16-18-9-15(21-16)13-4-6-14(20-3)7-5-13/h4-7,9,12H,10-11H2,1-3H3. The van der Waals surface area contributed by atoms with Crippen LogP contribution in [0.1, 0.15) is 12.8 Å². The molecule has 0 fully saturated rings. The first kappa shape index (κ1) is 15.1. The fourth-order valence-electron chi connectivity index (χ4n) is 2.08. The number of nitriles is 1. The van der Waals surface area contributed by atoms with E-state index in [0.29, 0.717) is 19.0 Å². The van der Waals surface area contributed by atoms with Crippen molar-refractivity contribution in [1.29, 1.82) is 5.26 Å². The highest BCUT2D eigenvalue weighted by Gasteiger charge is 2.11. The molecule has 0 spiro atoms. The van der Waals surface area contributed by atoms with Gasteiger partial charge in [-0.05, 0) is 38.2 Å². The number of rotatable bonds is 6. The first-order chi connectivity index (χ1) is 10.1. The van der Waals surface area contributed by atoms with E-state index in [1.54, 1.807) is 13.3 Å². The zero-order valence-corrected chi connectivity index (χ0v) is 12.5. The molecule has 0 saturated heterocycles. The highest BCUT2D eigenvalue weighted by Crippen LogP contribution is 2.23. The maximum Gasteiger partial charge on any atom is 0.209 e. The molecule has 5 nitrogen and oxygen atoms in total. The zero-order chi connectivity index (χ0) is 15.2. The molecular formula is C16H19N3O2. The lowest BCUT2D eigenvalue weighted by molar-refractivity contribution is 0.272. The van der Waals surface area contributed by atoms with E-state index in [1.807, 2.05) is 43.1 Å². The maximum absolute atomic E-state index is 8.82. The van der Waals surface area contributed by atoms with Crippen molar-refractivity contribution in [2.45, 2.75) is 13.5 Å². The third-order valence-corrected chi connectivity index (χ3v) is 3.14. The summed E-state index contributed by atoms with van der Waals surface area (Å²) in [4.78, 5) is 6.31. The molecule has 1 aromatic heterocycles. The molecule has 0 aliphatic heterocycles. The Kier molecular flexibility index (Phi) is 4.96. The summed E-state index contributed by atoms with van der Waals surface area (Å²) in [5, 5.41) is 8.82. The van der Waals surface area contributed by atoms with Crippen LogP contribution in [0.4, 0.5) is 0 Å². The molecule has 110 valence electrons. The first-order valence-corrected chi connectivity index (χ1v) is 6.79. The second-order valence-corrected chi connectivity index (χ2v) is 5.07. The fraction of sp³-hybridized carbons (Fsp3) is 0.375. The van der Waals surface area contributed by atoms with Crippen molar-refractivity contribution in [1.82, 2.24) is 9.88 Å². The van der Waals surface area contributed by atoms with Gasteiger partial charge in [-0.15, -0.1) is 0 Å². The van der Waals surface area contributed by atoms with Crippen molar-refractivity contribution in [3.8, 4) is 23.1 Å². The molecule has 0 aliphatic rings. The number of aromatic nitrogens is 1. The number of hydrogen-bond donors (Lipinski definition) is 0. The molecule has 0 radical (unpaired) electrons. The van der Waals surface area contributed by atoms with E-state index in [9.17, 15) is 0 Å². The lowest BCUT2D eigenvalue weighted by Gasteiger charge is -2.15. The molecule has 1 heterocycles. The van der Waals surface area contributed by atoms with E-state index < -0.39 is 0 Å². The van der Waals surface area contributed by atoms with Gasteiger partial charge in [-0.25, -0.2) is 4.98 Å². The number of nitrogens with zero attached hydrogens (tertiary/aromatic N) is 3. The Morgan fingerprint density at radius 3 is 2.71 bits per heavy atom. The summed E-state index contributed by atoms with van der Waals surface area (Å²) in [6.07, 6.45) is 1.72. The van der Waals surface area contributed by atoms with Crippen molar-refractivity contribution < 1.29 is 9.15 Å². The van der Waals surface area contributed by atoms with Crippen molar-refractivity contribution in [2.75, 3.05) is 20.7 Å². The Morgan fingerprint density at radius 1 is 1.38 bits per heavy atom. The van der Waals surface area contributed by atoms with Crippen molar-refractivity contribution in [3.05, 3.63) is 36.4 Å². The molecule has 1 aromatic carbocycles. The predicted octanol–water partition coefficient (Wildman–Crippen LogP) is 2.94. The average molecular weight is 285 g/mol. The molecule has 21 heavy (non-hydrogen) atoms. The number of oxazole rings is 1. The summed E-state index contributed by atoms with van der Waals surface area (Å²) in [6, 6.07) is 9.86. The number of ether oxygens (including phenoxy) is 1. The van der Waals surface area contributed by atoms with Crippen LogP contribution in [0.2, 0.25) is 0 Å². The maximum atomic E-state index is 8.82. The zero-order valence-electron chi connectivity index (χ0n) is 12.5. The van der Waals surface area contributed by atoms with E-state index in [-0.39, 0.29) is 5.92 Å². The van der Waals surface area contributed by atoms with Crippen LogP contribution in [0.25, 0.3) is 11.3 Å². The van der Waals surface area contributed by atoms with E-state index in [4.69, 9.17) is 14.4 Å². The quantitative estimate of drug-likeness (QED) is 0.816. The highest BCUT2D eigenvalue weighted by molar-refractivity contribution is 5.57. The minimum absolute atomic E-state index is 0.00831. The summed E-state index contributed by atoms with van der Waals surface area (Å²) in [5.41, 5.74) is 0.961. The molecule has 0 saturated carbocycles. The van der Waals surface area contributed by atoms with Crippen LogP contribution >= 0.6 is 0 Å². The van der Waals surface area contributed by atoms with Gasteiger partial charge >= 0.3 is 0 Å². The molecule has 2 aromatic rings. The molecule has 1 atom stereocenters. The molecule has 2 rings (SSSR count). The fourth-order valence-corrected chi connectivity index (χ4v) is 2.08. The van der Waals surface area contributed by atoms with Gasteiger partial charge in [-0.1, -0.05) is 0 Å². The van der Waals surface area contributed by atoms with Crippen LogP contribution < -0.4 is 4.74 Å². The minimum atomic E-state index is -0.00831. The molecule has 1 unspecified atom stereocenters. The number of methoxy groups -OCH3 is 1. The van der Waals surface area contributed by atoms with Gasteiger partial charge in [0, 0.05) is 12.1 Å². The predicted molar refractivity (Wildman–Crippen MR) is 79.6 cm³/mol. The lowest BCUT2D eigenvalue weighted by Crippen LogP contribution is -2.23. The topological polar surface area (TPSA) is 62.3 Å². The smallest absolute Gasteiger partial charge is 0.209 e. The molecule has 0 bridgehead atoms. The number of benzene rings is 1. The Bertz CT molecular complexity index is 613. The van der Waals surface area contributed by atoms with Gasteiger partial charge in [-0.2, -0.15) is 5.26 Å². The Labute approximate surface area is 124 Å². The second-order valence-electron chi connectivity index (χ2n) is 5.07. The van der Waals surface area contributed by atoms with E-state index in [1.165, 1.54) is 0 Å². The van der Waals surface area contributed by atoms with E-state index >= 15 is 0 Å². The van der Waals surface area contributed by atoms with Crippen molar-refractivity contribution >= 4 is 0 Å². The summed E-state index contributed by atoms with van der Waals surface area (Å²) < 4.78 is 10.9. The molecule has 5 heteroatoms. The average Bonchev–Trinajstić information content (AvgIpc) is 2.95. The van der Waals surface area contributed by atoms with Gasteiger partial charge in [0.1, 0.15) is 5.75 Å². The lowest BCUT2D eigenvalue weighted by atomic mass is 10.2. The summed E-state index contributed by atoms with van der Waals surface area (Å²) in [7, 11) is 3.59. The first-order valence-electron chi connectivity index (χ1n) is 6.79.